The van der Waals surface area contributed by atoms with Gasteiger partial charge in [0.15, 0.2) is 0 Å². The van der Waals surface area contributed by atoms with Crippen LogP contribution in [-0.4, -0.2) is 16.7 Å². The summed E-state index contributed by atoms with van der Waals surface area (Å²) < 4.78 is 6.38. The average Bonchev–Trinajstić information content (AvgIpc) is 2.21. The van der Waals surface area contributed by atoms with Crippen molar-refractivity contribution in [2.75, 3.05) is 0 Å². The van der Waals surface area contributed by atoms with Gasteiger partial charge < -0.3 is 9.84 Å². The SMILES string of the molecule is CC[C@](C)(Oc1ccc(Br)cc1)C(=O)O. The van der Waals surface area contributed by atoms with Crippen LogP contribution in [0.5, 0.6) is 5.75 Å². The molecule has 0 heterocycles. The summed E-state index contributed by atoms with van der Waals surface area (Å²) in [6.07, 6.45) is 0.415. The topological polar surface area (TPSA) is 46.5 Å². The molecule has 15 heavy (non-hydrogen) atoms. The van der Waals surface area contributed by atoms with Gasteiger partial charge in [-0.2, -0.15) is 0 Å². The lowest BCUT2D eigenvalue weighted by Gasteiger charge is -2.24. The molecule has 3 nitrogen and oxygen atoms in total. The predicted molar refractivity (Wildman–Crippen MR) is 61.1 cm³/mol. The van der Waals surface area contributed by atoms with Crippen LogP contribution in [0.1, 0.15) is 20.3 Å². The quantitative estimate of drug-likeness (QED) is 0.916. The molecule has 0 radical (unpaired) electrons. The van der Waals surface area contributed by atoms with Gasteiger partial charge in [-0.15, -0.1) is 0 Å². The summed E-state index contributed by atoms with van der Waals surface area (Å²) in [5, 5.41) is 9.01. The number of aliphatic carboxylic acids is 1. The van der Waals surface area contributed by atoms with Crippen molar-refractivity contribution in [1.29, 1.82) is 0 Å². The zero-order valence-corrected chi connectivity index (χ0v) is 10.2. The fraction of sp³-hybridized carbons (Fsp3) is 0.364. The Morgan fingerprint density at radius 1 is 1.47 bits per heavy atom. The van der Waals surface area contributed by atoms with E-state index in [1.54, 1.807) is 26.0 Å². The van der Waals surface area contributed by atoms with E-state index in [1.807, 2.05) is 12.1 Å². The van der Waals surface area contributed by atoms with E-state index in [4.69, 9.17) is 9.84 Å². The number of hydrogen-bond donors (Lipinski definition) is 1. The Bertz CT molecular complexity index is 347. The van der Waals surface area contributed by atoms with Crippen LogP contribution in [0.15, 0.2) is 28.7 Å². The third-order valence-corrected chi connectivity index (χ3v) is 2.81. The van der Waals surface area contributed by atoms with Gasteiger partial charge in [-0.1, -0.05) is 22.9 Å². The van der Waals surface area contributed by atoms with Crippen LogP contribution in [0.2, 0.25) is 0 Å². The lowest BCUT2D eigenvalue weighted by atomic mass is 10.0. The van der Waals surface area contributed by atoms with Crippen LogP contribution in [0, 0.1) is 0 Å². The van der Waals surface area contributed by atoms with E-state index in [0.29, 0.717) is 12.2 Å². The molecule has 4 heteroatoms. The molecular weight excluding hydrogens is 260 g/mol. The largest absolute Gasteiger partial charge is 0.478 e. The molecule has 0 aliphatic heterocycles. The van der Waals surface area contributed by atoms with Crippen LogP contribution >= 0.6 is 15.9 Å². The van der Waals surface area contributed by atoms with Crippen LogP contribution in [-0.2, 0) is 4.79 Å². The molecule has 1 N–H and O–H groups in total. The highest BCUT2D eigenvalue weighted by Crippen LogP contribution is 2.23. The molecule has 1 rings (SSSR count). The van der Waals surface area contributed by atoms with Crippen molar-refractivity contribution in [3.8, 4) is 5.75 Å². The molecule has 0 saturated carbocycles. The molecule has 0 fully saturated rings. The second-order valence-electron chi connectivity index (χ2n) is 3.45. The molecule has 0 bridgehead atoms. The van der Waals surface area contributed by atoms with E-state index >= 15 is 0 Å². The predicted octanol–water partition coefficient (Wildman–Crippen LogP) is 3.08. The Morgan fingerprint density at radius 2 is 2.00 bits per heavy atom. The fourth-order valence-electron chi connectivity index (χ4n) is 1.03. The van der Waals surface area contributed by atoms with Gasteiger partial charge in [0.1, 0.15) is 5.75 Å². The number of halogens is 1. The Kier molecular flexibility index (Phi) is 3.74. The van der Waals surface area contributed by atoms with Crippen molar-refractivity contribution in [1.82, 2.24) is 0 Å². The number of carbonyl (C=O) groups is 1. The van der Waals surface area contributed by atoms with E-state index in [9.17, 15) is 4.79 Å². The molecule has 0 unspecified atom stereocenters. The fourth-order valence-corrected chi connectivity index (χ4v) is 1.29. The first kappa shape index (κ1) is 12.0. The molecule has 0 amide bonds. The Hall–Kier alpha value is -1.03. The first-order valence-corrected chi connectivity index (χ1v) is 5.45. The molecule has 0 spiro atoms. The maximum atomic E-state index is 11.0. The van der Waals surface area contributed by atoms with Crippen LogP contribution in [0.3, 0.4) is 0 Å². The highest BCUT2D eigenvalue weighted by Gasteiger charge is 2.33. The van der Waals surface area contributed by atoms with E-state index in [0.717, 1.165) is 4.47 Å². The van der Waals surface area contributed by atoms with Crippen molar-refractivity contribution in [2.24, 2.45) is 0 Å². The first-order valence-electron chi connectivity index (χ1n) is 4.66. The van der Waals surface area contributed by atoms with Crippen molar-refractivity contribution >= 4 is 21.9 Å². The van der Waals surface area contributed by atoms with Gasteiger partial charge in [0, 0.05) is 4.47 Å². The third-order valence-electron chi connectivity index (χ3n) is 2.28. The van der Waals surface area contributed by atoms with Gasteiger partial charge in [0.2, 0.25) is 5.60 Å². The average molecular weight is 273 g/mol. The van der Waals surface area contributed by atoms with Gasteiger partial charge in [-0.25, -0.2) is 4.79 Å². The molecule has 0 aliphatic rings. The molecule has 1 aromatic carbocycles. The van der Waals surface area contributed by atoms with Gasteiger partial charge in [-0.3, -0.25) is 0 Å². The number of benzene rings is 1. The van der Waals surface area contributed by atoms with Gasteiger partial charge in [0.05, 0.1) is 0 Å². The van der Waals surface area contributed by atoms with Gasteiger partial charge >= 0.3 is 5.97 Å². The van der Waals surface area contributed by atoms with E-state index in [-0.39, 0.29) is 0 Å². The maximum absolute atomic E-state index is 11.0. The highest BCUT2D eigenvalue weighted by atomic mass is 79.9. The summed E-state index contributed by atoms with van der Waals surface area (Å²) in [4.78, 5) is 11.0. The smallest absolute Gasteiger partial charge is 0.347 e. The molecule has 82 valence electrons. The molecule has 1 aromatic rings. The molecule has 0 aromatic heterocycles. The molecule has 0 aliphatic carbocycles. The van der Waals surface area contributed by atoms with E-state index in [1.165, 1.54) is 0 Å². The van der Waals surface area contributed by atoms with Crippen LogP contribution in [0.4, 0.5) is 0 Å². The molecular formula is C11H13BrO3. The summed E-state index contributed by atoms with van der Waals surface area (Å²) in [6.45, 7) is 3.35. The standard InChI is InChI=1S/C11H13BrO3/c1-3-11(2,10(13)14)15-9-6-4-8(12)5-7-9/h4-7H,3H2,1-2H3,(H,13,14)/t11-/m0/s1. The van der Waals surface area contributed by atoms with E-state index in [2.05, 4.69) is 15.9 Å². The summed E-state index contributed by atoms with van der Waals surface area (Å²) in [7, 11) is 0. The van der Waals surface area contributed by atoms with Crippen molar-refractivity contribution in [3.05, 3.63) is 28.7 Å². The lowest BCUT2D eigenvalue weighted by molar-refractivity contribution is -0.154. The van der Waals surface area contributed by atoms with Gasteiger partial charge in [0.25, 0.3) is 0 Å². The minimum absolute atomic E-state index is 0.415. The summed E-state index contributed by atoms with van der Waals surface area (Å²) in [6, 6.07) is 7.10. The summed E-state index contributed by atoms with van der Waals surface area (Å²) in [5.41, 5.74) is -1.16. The zero-order chi connectivity index (χ0) is 11.5. The Morgan fingerprint density at radius 3 is 2.40 bits per heavy atom. The van der Waals surface area contributed by atoms with Gasteiger partial charge in [-0.05, 0) is 37.6 Å². The van der Waals surface area contributed by atoms with E-state index < -0.39 is 11.6 Å². The third kappa shape index (κ3) is 2.96. The van der Waals surface area contributed by atoms with Crippen LogP contribution in [0.25, 0.3) is 0 Å². The Balaban J connectivity index is 2.84. The summed E-state index contributed by atoms with van der Waals surface area (Å²) >= 11 is 3.30. The number of rotatable bonds is 4. The summed E-state index contributed by atoms with van der Waals surface area (Å²) in [5.74, 6) is -0.391. The van der Waals surface area contributed by atoms with Crippen molar-refractivity contribution in [2.45, 2.75) is 25.9 Å². The van der Waals surface area contributed by atoms with Crippen molar-refractivity contribution in [3.63, 3.8) is 0 Å². The minimum atomic E-state index is -1.16. The Labute approximate surface area is 97.2 Å². The maximum Gasteiger partial charge on any atom is 0.347 e. The normalized spacial score (nSPS) is 14.3. The number of carboxylic acid groups (broad SMARTS) is 1. The molecule has 1 atom stereocenters. The van der Waals surface area contributed by atoms with Crippen LogP contribution < -0.4 is 4.74 Å². The monoisotopic (exact) mass is 272 g/mol. The number of carboxylic acids is 1. The second-order valence-corrected chi connectivity index (χ2v) is 4.36. The lowest BCUT2D eigenvalue weighted by Crippen LogP contribution is -2.40. The van der Waals surface area contributed by atoms with Crippen molar-refractivity contribution < 1.29 is 14.6 Å². The highest BCUT2D eigenvalue weighted by molar-refractivity contribution is 9.10. The second kappa shape index (κ2) is 4.66. The number of hydrogen-bond acceptors (Lipinski definition) is 2. The zero-order valence-electron chi connectivity index (χ0n) is 8.66. The first-order chi connectivity index (χ1) is 6.98. The number of ether oxygens (including phenoxy) is 1. The molecule has 0 saturated heterocycles. The minimum Gasteiger partial charge on any atom is -0.478 e.